The third-order valence-corrected chi connectivity index (χ3v) is 6.00. The van der Waals surface area contributed by atoms with Crippen LogP contribution in [0.5, 0.6) is 17.2 Å². The van der Waals surface area contributed by atoms with Crippen LogP contribution in [0.2, 0.25) is 5.02 Å². The molecule has 3 rings (SSSR count). The third-order valence-electron chi connectivity index (χ3n) is 5.76. The number of hydrogen-bond acceptors (Lipinski definition) is 5. The smallest absolute Gasteiger partial charge is 0.160 e. The lowest BCUT2D eigenvalue weighted by Gasteiger charge is -2.31. The van der Waals surface area contributed by atoms with E-state index in [1.165, 1.54) is 0 Å². The van der Waals surface area contributed by atoms with E-state index in [9.17, 15) is 5.11 Å². The Hall–Kier alpha value is -2.73. The first-order valence-corrected chi connectivity index (χ1v) is 11.3. The lowest BCUT2D eigenvalue weighted by Crippen LogP contribution is -2.37. The lowest BCUT2D eigenvalue weighted by molar-refractivity contribution is 0.0858. The van der Waals surface area contributed by atoms with Gasteiger partial charge in [0.25, 0.3) is 0 Å². The first-order chi connectivity index (χ1) is 15.9. The molecule has 1 N–H and O–H groups in total. The summed E-state index contributed by atoms with van der Waals surface area (Å²) in [4.78, 5) is 2.27. The van der Waals surface area contributed by atoms with Crippen LogP contribution in [0.1, 0.15) is 29.7 Å². The molecule has 0 aromatic heterocycles. The number of aliphatic hydroxyl groups is 1. The van der Waals surface area contributed by atoms with Gasteiger partial charge in [0.1, 0.15) is 5.75 Å². The third kappa shape index (κ3) is 6.87. The minimum atomic E-state index is -0.665. The van der Waals surface area contributed by atoms with Crippen LogP contribution in [0.4, 0.5) is 0 Å². The van der Waals surface area contributed by atoms with Gasteiger partial charge in [0, 0.05) is 24.2 Å². The Morgan fingerprint density at radius 3 is 2.30 bits per heavy atom. The van der Waals surface area contributed by atoms with Gasteiger partial charge in [-0.15, -0.1) is 0 Å². The van der Waals surface area contributed by atoms with Crippen LogP contribution in [0.15, 0.2) is 66.7 Å². The summed E-state index contributed by atoms with van der Waals surface area (Å²) in [7, 11) is 4.94. The molecule has 0 saturated carbocycles. The number of nitrogens with zero attached hydrogens (tertiary/aromatic N) is 1. The van der Waals surface area contributed by atoms with Crippen molar-refractivity contribution in [1.29, 1.82) is 0 Å². The topological polar surface area (TPSA) is 51.2 Å². The summed E-state index contributed by atoms with van der Waals surface area (Å²) in [5.41, 5.74) is 3.05. The predicted molar refractivity (Wildman–Crippen MR) is 133 cm³/mol. The molecule has 2 atom stereocenters. The van der Waals surface area contributed by atoms with Crippen molar-refractivity contribution < 1.29 is 19.3 Å². The Morgan fingerprint density at radius 1 is 0.848 bits per heavy atom. The Kier molecular flexibility index (Phi) is 9.01. The highest BCUT2D eigenvalue weighted by Crippen LogP contribution is 2.29. The molecule has 0 aliphatic carbocycles. The summed E-state index contributed by atoms with van der Waals surface area (Å²) >= 11 is 6.15. The van der Waals surface area contributed by atoms with E-state index in [1.807, 2.05) is 54.6 Å². The maximum absolute atomic E-state index is 11.0. The Bertz CT molecular complexity index is 1040. The van der Waals surface area contributed by atoms with E-state index >= 15 is 0 Å². The van der Waals surface area contributed by atoms with Crippen LogP contribution < -0.4 is 14.2 Å². The SMILES string of the molecule is COc1cccc(CN(CC(O)c2cccc(Cl)c2)[C@H](C)Cc2ccc(OC)c(OC)c2)c1. The highest BCUT2D eigenvalue weighted by Gasteiger charge is 2.21. The molecule has 5 nitrogen and oxygen atoms in total. The van der Waals surface area contributed by atoms with E-state index in [4.69, 9.17) is 25.8 Å². The summed E-state index contributed by atoms with van der Waals surface area (Å²) in [5, 5.41) is 11.6. The van der Waals surface area contributed by atoms with Crippen molar-refractivity contribution in [1.82, 2.24) is 4.90 Å². The number of methoxy groups -OCH3 is 3. The zero-order valence-electron chi connectivity index (χ0n) is 19.6. The van der Waals surface area contributed by atoms with Crippen LogP contribution in [0, 0.1) is 0 Å². The van der Waals surface area contributed by atoms with E-state index in [1.54, 1.807) is 21.3 Å². The molecular formula is C27H32ClNO4. The predicted octanol–water partition coefficient (Wildman–Crippen LogP) is 5.53. The first kappa shape index (κ1) is 24.9. The Labute approximate surface area is 201 Å². The summed E-state index contributed by atoms with van der Waals surface area (Å²) in [6.07, 6.45) is 0.120. The molecule has 3 aromatic rings. The van der Waals surface area contributed by atoms with E-state index in [-0.39, 0.29) is 6.04 Å². The van der Waals surface area contributed by atoms with E-state index in [0.29, 0.717) is 29.6 Å². The second kappa shape index (κ2) is 11.9. The quantitative estimate of drug-likeness (QED) is 0.400. The molecule has 0 heterocycles. The standard InChI is InChI=1S/C27H32ClNO4/c1-19(13-20-11-12-26(32-3)27(15-20)33-4)29(17-21-7-5-10-24(14-21)31-2)18-25(30)22-8-6-9-23(28)16-22/h5-12,14-16,19,25,30H,13,17-18H2,1-4H3/t19-,25?/m1/s1. The monoisotopic (exact) mass is 469 g/mol. The van der Waals surface area contributed by atoms with Crippen LogP contribution in [-0.4, -0.2) is 43.9 Å². The zero-order valence-corrected chi connectivity index (χ0v) is 20.4. The van der Waals surface area contributed by atoms with Crippen LogP contribution in [-0.2, 0) is 13.0 Å². The number of aliphatic hydroxyl groups excluding tert-OH is 1. The summed E-state index contributed by atoms with van der Waals surface area (Å²) in [5.74, 6) is 2.23. The first-order valence-electron chi connectivity index (χ1n) is 10.9. The molecule has 0 aliphatic rings. The molecule has 1 unspecified atom stereocenters. The Morgan fingerprint density at radius 2 is 1.61 bits per heavy atom. The highest BCUT2D eigenvalue weighted by molar-refractivity contribution is 6.30. The molecule has 6 heteroatoms. The number of halogens is 1. The maximum atomic E-state index is 11.0. The molecule has 0 amide bonds. The van der Waals surface area contributed by atoms with Gasteiger partial charge >= 0.3 is 0 Å². The lowest BCUT2D eigenvalue weighted by atomic mass is 10.0. The second-order valence-electron chi connectivity index (χ2n) is 8.09. The minimum absolute atomic E-state index is 0.142. The van der Waals surface area contributed by atoms with Crippen molar-refractivity contribution in [2.45, 2.75) is 32.0 Å². The van der Waals surface area contributed by atoms with E-state index in [0.717, 1.165) is 28.9 Å². The van der Waals surface area contributed by atoms with Gasteiger partial charge in [0.05, 0.1) is 27.4 Å². The molecule has 0 radical (unpaired) electrons. The zero-order chi connectivity index (χ0) is 23.8. The van der Waals surface area contributed by atoms with Crippen molar-refractivity contribution in [2.24, 2.45) is 0 Å². The van der Waals surface area contributed by atoms with Gasteiger partial charge < -0.3 is 19.3 Å². The minimum Gasteiger partial charge on any atom is -0.497 e. The molecule has 0 spiro atoms. The van der Waals surface area contributed by atoms with Crippen molar-refractivity contribution in [3.8, 4) is 17.2 Å². The van der Waals surface area contributed by atoms with Gasteiger partial charge in [0.2, 0.25) is 0 Å². The van der Waals surface area contributed by atoms with Crippen LogP contribution >= 0.6 is 11.6 Å². The number of benzene rings is 3. The Balaban J connectivity index is 1.83. The molecule has 0 bridgehead atoms. The van der Waals surface area contributed by atoms with E-state index < -0.39 is 6.10 Å². The molecular weight excluding hydrogens is 438 g/mol. The van der Waals surface area contributed by atoms with Gasteiger partial charge in [-0.1, -0.05) is 41.9 Å². The average molecular weight is 470 g/mol. The van der Waals surface area contributed by atoms with Gasteiger partial charge in [0.15, 0.2) is 11.5 Å². The summed E-state index contributed by atoms with van der Waals surface area (Å²) in [6.45, 7) is 3.30. The van der Waals surface area contributed by atoms with Gasteiger partial charge in [-0.05, 0) is 66.4 Å². The highest BCUT2D eigenvalue weighted by atomic mass is 35.5. The normalized spacial score (nSPS) is 12.9. The number of ether oxygens (including phenoxy) is 3. The van der Waals surface area contributed by atoms with Crippen LogP contribution in [0.25, 0.3) is 0 Å². The molecule has 0 fully saturated rings. The fourth-order valence-corrected chi connectivity index (χ4v) is 4.12. The number of rotatable bonds is 11. The molecule has 0 saturated heterocycles. The fourth-order valence-electron chi connectivity index (χ4n) is 3.92. The average Bonchev–Trinajstić information content (AvgIpc) is 2.83. The van der Waals surface area contributed by atoms with Crippen molar-refractivity contribution in [3.63, 3.8) is 0 Å². The van der Waals surface area contributed by atoms with E-state index in [2.05, 4.69) is 24.0 Å². The largest absolute Gasteiger partial charge is 0.497 e. The molecule has 0 aliphatic heterocycles. The summed E-state index contributed by atoms with van der Waals surface area (Å²) in [6, 6.07) is 21.5. The van der Waals surface area contributed by atoms with Gasteiger partial charge in [-0.2, -0.15) is 0 Å². The van der Waals surface area contributed by atoms with Crippen molar-refractivity contribution >= 4 is 11.6 Å². The molecule has 3 aromatic carbocycles. The molecule has 33 heavy (non-hydrogen) atoms. The van der Waals surface area contributed by atoms with Crippen molar-refractivity contribution in [2.75, 3.05) is 27.9 Å². The fraction of sp³-hybridized carbons (Fsp3) is 0.333. The maximum Gasteiger partial charge on any atom is 0.160 e. The summed E-state index contributed by atoms with van der Waals surface area (Å²) < 4.78 is 16.2. The van der Waals surface area contributed by atoms with Crippen molar-refractivity contribution in [3.05, 3.63) is 88.4 Å². The van der Waals surface area contributed by atoms with Crippen LogP contribution in [0.3, 0.4) is 0 Å². The number of hydrogen-bond donors (Lipinski definition) is 1. The van der Waals surface area contributed by atoms with Gasteiger partial charge in [-0.3, -0.25) is 4.90 Å². The second-order valence-corrected chi connectivity index (χ2v) is 8.53. The van der Waals surface area contributed by atoms with Gasteiger partial charge in [-0.25, -0.2) is 0 Å². The molecule has 176 valence electrons.